The zero-order valence-electron chi connectivity index (χ0n) is 17.3. The van der Waals surface area contributed by atoms with Crippen LogP contribution < -0.4 is 10.2 Å². The molecule has 0 atom stereocenters. The number of piperidine rings is 1. The van der Waals surface area contributed by atoms with E-state index in [0.29, 0.717) is 24.7 Å². The highest BCUT2D eigenvalue weighted by atomic mass is 16.5. The standard InChI is InChI=1S/C24H25N5O2/c30-24-21-20(9-13-26-24)23(28-22(27-21)17-6-2-1-3-7-17)29-14-10-19(11-15-29)31-16-18-8-4-5-12-25-18/h1-8,12,19H,9-11,13-16H2,(H,26,30). The highest BCUT2D eigenvalue weighted by Gasteiger charge is 2.29. The molecular formula is C24H25N5O2. The molecule has 7 nitrogen and oxygen atoms in total. The molecular weight excluding hydrogens is 390 g/mol. The van der Waals surface area contributed by atoms with E-state index in [-0.39, 0.29) is 12.0 Å². The molecule has 0 radical (unpaired) electrons. The summed E-state index contributed by atoms with van der Waals surface area (Å²) in [5, 5.41) is 2.91. The zero-order valence-corrected chi connectivity index (χ0v) is 17.3. The molecule has 1 amide bonds. The Hall–Kier alpha value is -3.32. The quantitative estimate of drug-likeness (QED) is 0.690. The van der Waals surface area contributed by atoms with Crippen LogP contribution in [0, 0.1) is 0 Å². The summed E-state index contributed by atoms with van der Waals surface area (Å²) in [7, 11) is 0. The first kappa shape index (κ1) is 19.6. The molecule has 4 heterocycles. The Kier molecular flexibility index (Phi) is 5.58. The molecule has 2 aromatic heterocycles. The molecule has 7 heteroatoms. The van der Waals surface area contributed by atoms with Crippen molar-refractivity contribution in [2.45, 2.75) is 32.0 Å². The van der Waals surface area contributed by atoms with Crippen LogP contribution in [0.2, 0.25) is 0 Å². The molecule has 0 saturated carbocycles. The molecule has 31 heavy (non-hydrogen) atoms. The Morgan fingerprint density at radius 1 is 1.03 bits per heavy atom. The van der Waals surface area contributed by atoms with Crippen molar-refractivity contribution in [3.63, 3.8) is 0 Å². The van der Waals surface area contributed by atoms with Gasteiger partial charge in [0.15, 0.2) is 5.82 Å². The third-order valence-electron chi connectivity index (χ3n) is 5.83. The average molecular weight is 415 g/mol. The third kappa shape index (κ3) is 4.27. The second-order valence-corrected chi connectivity index (χ2v) is 7.89. The summed E-state index contributed by atoms with van der Waals surface area (Å²) in [4.78, 5) is 28.7. The summed E-state index contributed by atoms with van der Waals surface area (Å²) in [5.74, 6) is 1.37. The maximum Gasteiger partial charge on any atom is 0.270 e. The van der Waals surface area contributed by atoms with Gasteiger partial charge < -0.3 is 15.0 Å². The van der Waals surface area contributed by atoms with Crippen molar-refractivity contribution in [2.24, 2.45) is 0 Å². The van der Waals surface area contributed by atoms with Gasteiger partial charge in [0.05, 0.1) is 18.4 Å². The highest BCUT2D eigenvalue weighted by molar-refractivity contribution is 5.96. The van der Waals surface area contributed by atoms with Gasteiger partial charge in [-0.15, -0.1) is 0 Å². The van der Waals surface area contributed by atoms with Gasteiger partial charge in [0.2, 0.25) is 0 Å². The van der Waals surface area contributed by atoms with Crippen molar-refractivity contribution in [1.82, 2.24) is 20.3 Å². The third-order valence-corrected chi connectivity index (χ3v) is 5.83. The summed E-state index contributed by atoms with van der Waals surface area (Å²) in [5.41, 5.74) is 3.33. The van der Waals surface area contributed by atoms with E-state index in [1.807, 2.05) is 48.5 Å². The molecule has 0 unspecified atom stereocenters. The monoisotopic (exact) mass is 415 g/mol. The van der Waals surface area contributed by atoms with Gasteiger partial charge in [-0.05, 0) is 31.4 Å². The Balaban J connectivity index is 1.35. The maximum absolute atomic E-state index is 12.5. The number of pyridine rings is 1. The van der Waals surface area contributed by atoms with E-state index >= 15 is 0 Å². The van der Waals surface area contributed by atoms with Crippen molar-refractivity contribution in [3.8, 4) is 11.4 Å². The van der Waals surface area contributed by atoms with Crippen molar-refractivity contribution in [1.29, 1.82) is 0 Å². The van der Waals surface area contributed by atoms with E-state index in [0.717, 1.165) is 55.0 Å². The van der Waals surface area contributed by atoms with Crippen LogP contribution >= 0.6 is 0 Å². The number of nitrogens with zero attached hydrogens (tertiary/aromatic N) is 4. The molecule has 5 rings (SSSR count). The first-order valence-corrected chi connectivity index (χ1v) is 10.8. The van der Waals surface area contributed by atoms with E-state index in [1.54, 1.807) is 6.20 Å². The number of fused-ring (bicyclic) bond motifs is 1. The lowest BCUT2D eigenvalue weighted by molar-refractivity contribution is 0.0233. The molecule has 2 aliphatic heterocycles. The lowest BCUT2D eigenvalue weighted by atomic mass is 10.0. The number of rotatable bonds is 5. The Bertz CT molecular complexity index is 1050. The average Bonchev–Trinajstić information content (AvgIpc) is 2.84. The summed E-state index contributed by atoms with van der Waals surface area (Å²) in [6, 6.07) is 15.7. The number of benzene rings is 1. The Labute approximate surface area is 181 Å². The van der Waals surface area contributed by atoms with Crippen molar-refractivity contribution in [2.75, 3.05) is 24.5 Å². The number of hydrogen-bond acceptors (Lipinski definition) is 6. The van der Waals surface area contributed by atoms with E-state index in [2.05, 4.69) is 20.2 Å². The lowest BCUT2D eigenvalue weighted by Gasteiger charge is -2.34. The first-order chi connectivity index (χ1) is 15.3. The fraction of sp³-hybridized carbons (Fsp3) is 0.333. The lowest BCUT2D eigenvalue weighted by Crippen LogP contribution is -2.40. The SMILES string of the molecule is O=C1NCCc2c1nc(-c1ccccc1)nc2N1CCC(OCc2ccccn2)CC1. The summed E-state index contributed by atoms with van der Waals surface area (Å²) in [6.07, 6.45) is 4.58. The normalized spacial score (nSPS) is 16.6. The molecule has 1 saturated heterocycles. The van der Waals surface area contributed by atoms with Crippen molar-refractivity contribution in [3.05, 3.63) is 71.7 Å². The Morgan fingerprint density at radius 2 is 1.84 bits per heavy atom. The molecule has 3 aromatic rings. The summed E-state index contributed by atoms with van der Waals surface area (Å²) in [6.45, 7) is 2.83. The molecule has 1 aromatic carbocycles. The van der Waals surface area contributed by atoms with Gasteiger partial charge in [-0.2, -0.15) is 0 Å². The second kappa shape index (κ2) is 8.81. The van der Waals surface area contributed by atoms with Crippen molar-refractivity contribution >= 4 is 11.7 Å². The van der Waals surface area contributed by atoms with Gasteiger partial charge >= 0.3 is 0 Å². The van der Waals surface area contributed by atoms with E-state index in [1.165, 1.54) is 0 Å². The number of anilines is 1. The predicted molar refractivity (Wildman–Crippen MR) is 118 cm³/mol. The topological polar surface area (TPSA) is 80.2 Å². The van der Waals surface area contributed by atoms with E-state index < -0.39 is 0 Å². The minimum atomic E-state index is -0.115. The predicted octanol–water partition coefficient (Wildman–Crippen LogP) is 3.01. The zero-order chi connectivity index (χ0) is 21.0. The molecule has 0 bridgehead atoms. The highest BCUT2D eigenvalue weighted by Crippen LogP contribution is 2.30. The van der Waals surface area contributed by atoms with Crippen LogP contribution in [0.5, 0.6) is 0 Å². The fourth-order valence-corrected chi connectivity index (χ4v) is 4.17. The van der Waals surface area contributed by atoms with Crippen molar-refractivity contribution < 1.29 is 9.53 Å². The van der Waals surface area contributed by atoms with Crippen LogP contribution in [0.1, 0.15) is 34.6 Å². The summed E-state index contributed by atoms with van der Waals surface area (Å²) >= 11 is 0. The molecule has 1 N–H and O–H groups in total. The second-order valence-electron chi connectivity index (χ2n) is 7.89. The van der Waals surface area contributed by atoms with Crippen LogP contribution in [-0.2, 0) is 17.8 Å². The van der Waals surface area contributed by atoms with Crippen LogP contribution in [-0.4, -0.2) is 46.6 Å². The molecule has 1 fully saturated rings. The number of aromatic nitrogens is 3. The fourth-order valence-electron chi connectivity index (χ4n) is 4.17. The molecule has 0 spiro atoms. The number of ether oxygens (including phenoxy) is 1. The van der Waals surface area contributed by atoms with Gasteiger partial charge in [-0.3, -0.25) is 9.78 Å². The number of amides is 1. The van der Waals surface area contributed by atoms with Gasteiger partial charge in [0, 0.05) is 37.0 Å². The minimum Gasteiger partial charge on any atom is -0.372 e. The minimum absolute atomic E-state index is 0.115. The van der Waals surface area contributed by atoms with Gasteiger partial charge in [0.25, 0.3) is 5.91 Å². The van der Waals surface area contributed by atoms with Crippen LogP contribution in [0.25, 0.3) is 11.4 Å². The summed E-state index contributed by atoms with van der Waals surface area (Å²) < 4.78 is 6.09. The van der Waals surface area contributed by atoms with E-state index in [9.17, 15) is 4.79 Å². The smallest absolute Gasteiger partial charge is 0.270 e. The molecule has 2 aliphatic rings. The number of nitrogens with one attached hydrogen (secondary N) is 1. The Morgan fingerprint density at radius 3 is 2.61 bits per heavy atom. The van der Waals surface area contributed by atoms with E-state index in [4.69, 9.17) is 9.72 Å². The molecule has 158 valence electrons. The van der Waals surface area contributed by atoms with Gasteiger partial charge in [-0.1, -0.05) is 36.4 Å². The largest absolute Gasteiger partial charge is 0.372 e. The maximum atomic E-state index is 12.5. The van der Waals surface area contributed by atoms with Crippen LogP contribution in [0.15, 0.2) is 54.7 Å². The van der Waals surface area contributed by atoms with Gasteiger partial charge in [0.1, 0.15) is 11.5 Å². The first-order valence-electron chi connectivity index (χ1n) is 10.8. The number of carbonyl (C=O) groups is 1. The van der Waals surface area contributed by atoms with Crippen LogP contribution in [0.4, 0.5) is 5.82 Å². The van der Waals surface area contributed by atoms with Crippen LogP contribution in [0.3, 0.4) is 0 Å². The molecule has 0 aliphatic carbocycles. The van der Waals surface area contributed by atoms with Gasteiger partial charge in [-0.25, -0.2) is 9.97 Å². The number of hydrogen-bond donors (Lipinski definition) is 1. The number of carbonyl (C=O) groups excluding carboxylic acids is 1.